The van der Waals surface area contributed by atoms with E-state index in [-0.39, 0.29) is 11.4 Å². The molecule has 0 spiro atoms. The van der Waals surface area contributed by atoms with Gasteiger partial charge < -0.3 is 10.2 Å². The van der Waals surface area contributed by atoms with Gasteiger partial charge in [0.1, 0.15) is 0 Å². The van der Waals surface area contributed by atoms with Gasteiger partial charge >= 0.3 is 0 Å². The summed E-state index contributed by atoms with van der Waals surface area (Å²) in [5.41, 5.74) is 1.78. The molecule has 20 heavy (non-hydrogen) atoms. The lowest BCUT2D eigenvalue weighted by molar-refractivity contribution is -0.126. The Bertz CT molecular complexity index is 501. The SMILES string of the molecule is Cc1cccc(C(C)(C)C(=O)NC2(CN(C)C)CC2)c1. The van der Waals surface area contributed by atoms with Crippen LogP contribution in [0.3, 0.4) is 0 Å². The van der Waals surface area contributed by atoms with Crippen LogP contribution in [0.25, 0.3) is 0 Å². The molecule has 0 aromatic heterocycles. The number of likely N-dealkylation sites (N-methyl/N-ethyl adjacent to an activating group) is 1. The Balaban J connectivity index is 2.12. The first-order chi connectivity index (χ1) is 9.25. The van der Waals surface area contributed by atoms with E-state index in [1.54, 1.807) is 0 Å². The highest BCUT2D eigenvalue weighted by atomic mass is 16.2. The van der Waals surface area contributed by atoms with Crippen molar-refractivity contribution in [1.29, 1.82) is 0 Å². The number of carbonyl (C=O) groups excluding carboxylic acids is 1. The number of nitrogens with zero attached hydrogens (tertiary/aromatic N) is 1. The molecule has 0 aliphatic heterocycles. The van der Waals surface area contributed by atoms with Crippen molar-refractivity contribution in [3.05, 3.63) is 35.4 Å². The van der Waals surface area contributed by atoms with E-state index in [9.17, 15) is 4.79 Å². The van der Waals surface area contributed by atoms with Crippen LogP contribution >= 0.6 is 0 Å². The van der Waals surface area contributed by atoms with Crippen molar-refractivity contribution in [3.63, 3.8) is 0 Å². The number of carbonyl (C=O) groups is 1. The molecular weight excluding hydrogens is 248 g/mol. The standard InChI is InChI=1S/C17H26N2O/c1-13-7-6-8-14(11-13)16(2,3)15(20)18-17(9-10-17)12-19(4)5/h6-8,11H,9-10,12H2,1-5H3,(H,18,20). The highest BCUT2D eigenvalue weighted by Crippen LogP contribution is 2.37. The molecule has 0 saturated heterocycles. The summed E-state index contributed by atoms with van der Waals surface area (Å²) in [6, 6.07) is 8.22. The third kappa shape index (κ3) is 3.21. The minimum absolute atomic E-state index is 0.00167. The first-order valence-corrected chi connectivity index (χ1v) is 7.30. The van der Waals surface area contributed by atoms with Gasteiger partial charge in [0.05, 0.1) is 11.0 Å². The number of amides is 1. The second-order valence-electron chi connectivity index (χ2n) is 6.97. The fourth-order valence-electron chi connectivity index (χ4n) is 2.64. The number of nitrogens with one attached hydrogen (secondary N) is 1. The molecule has 1 saturated carbocycles. The minimum atomic E-state index is -0.492. The first kappa shape index (κ1) is 15.0. The summed E-state index contributed by atoms with van der Waals surface area (Å²) < 4.78 is 0. The fourth-order valence-corrected chi connectivity index (χ4v) is 2.64. The molecule has 1 fully saturated rings. The fraction of sp³-hybridized carbons (Fsp3) is 0.588. The van der Waals surface area contributed by atoms with Crippen molar-refractivity contribution in [3.8, 4) is 0 Å². The molecule has 0 unspecified atom stereocenters. The molecule has 1 aliphatic carbocycles. The van der Waals surface area contributed by atoms with Crippen LogP contribution in [0.15, 0.2) is 24.3 Å². The van der Waals surface area contributed by atoms with E-state index in [4.69, 9.17) is 0 Å². The van der Waals surface area contributed by atoms with E-state index >= 15 is 0 Å². The molecule has 1 amide bonds. The van der Waals surface area contributed by atoms with Crippen molar-refractivity contribution in [1.82, 2.24) is 10.2 Å². The number of rotatable bonds is 5. The predicted octanol–water partition coefficient (Wildman–Crippen LogP) is 2.48. The summed E-state index contributed by atoms with van der Waals surface area (Å²) in [5.74, 6) is 0.127. The van der Waals surface area contributed by atoms with Gasteiger partial charge in [-0.2, -0.15) is 0 Å². The lowest BCUT2D eigenvalue weighted by atomic mass is 9.82. The second kappa shape index (κ2) is 5.21. The Hall–Kier alpha value is -1.35. The average molecular weight is 274 g/mol. The number of hydrogen-bond acceptors (Lipinski definition) is 2. The highest BCUT2D eigenvalue weighted by molar-refractivity contribution is 5.88. The molecule has 1 aromatic rings. The van der Waals surface area contributed by atoms with Gasteiger partial charge in [-0.15, -0.1) is 0 Å². The van der Waals surface area contributed by atoms with Gasteiger partial charge in [0.2, 0.25) is 5.91 Å². The molecule has 1 aliphatic rings. The van der Waals surface area contributed by atoms with Crippen LogP contribution in [0.4, 0.5) is 0 Å². The second-order valence-corrected chi connectivity index (χ2v) is 6.97. The van der Waals surface area contributed by atoms with Crippen LogP contribution in [0.5, 0.6) is 0 Å². The van der Waals surface area contributed by atoms with E-state index in [2.05, 4.69) is 43.4 Å². The molecule has 0 heterocycles. The van der Waals surface area contributed by atoms with Crippen LogP contribution < -0.4 is 5.32 Å². The summed E-state index contributed by atoms with van der Waals surface area (Å²) >= 11 is 0. The first-order valence-electron chi connectivity index (χ1n) is 7.30. The summed E-state index contributed by atoms with van der Waals surface area (Å²) in [5, 5.41) is 3.28. The van der Waals surface area contributed by atoms with Crippen molar-refractivity contribution < 1.29 is 4.79 Å². The Morgan fingerprint density at radius 3 is 2.50 bits per heavy atom. The Morgan fingerprint density at radius 1 is 1.35 bits per heavy atom. The summed E-state index contributed by atoms with van der Waals surface area (Å²) in [4.78, 5) is 14.8. The zero-order valence-corrected chi connectivity index (χ0v) is 13.3. The molecule has 3 heteroatoms. The predicted molar refractivity (Wildman–Crippen MR) is 82.9 cm³/mol. The van der Waals surface area contributed by atoms with Crippen molar-refractivity contribution >= 4 is 5.91 Å². The van der Waals surface area contributed by atoms with Crippen LogP contribution in [-0.2, 0) is 10.2 Å². The monoisotopic (exact) mass is 274 g/mol. The summed E-state index contributed by atoms with van der Waals surface area (Å²) in [7, 11) is 4.11. The Labute approximate surface area is 122 Å². The summed E-state index contributed by atoms with van der Waals surface area (Å²) in [6.07, 6.45) is 2.17. The molecule has 0 radical (unpaired) electrons. The van der Waals surface area contributed by atoms with Gasteiger partial charge in [-0.25, -0.2) is 0 Å². The quantitative estimate of drug-likeness (QED) is 0.894. The molecule has 0 atom stereocenters. The number of aryl methyl sites for hydroxylation is 1. The normalized spacial score (nSPS) is 17.1. The zero-order valence-electron chi connectivity index (χ0n) is 13.3. The Morgan fingerprint density at radius 2 is 2.00 bits per heavy atom. The topological polar surface area (TPSA) is 32.3 Å². The molecule has 3 nitrogen and oxygen atoms in total. The third-order valence-electron chi connectivity index (χ3n) is 4.16. The van der Waals surface area contributed by atoms with E-state index in [0.717, 1.165) is 24.9 Å². The largest absolute Gasteiger partial charge is 0.349 e. The summed E-state index contributed by atoms with van der Waals surface area (Å²) in [6.45, 7) is 6.99. The van der Waals surface area contributed by atoms with Crippen LogP contribution in [0.1, 0.15) is 37.8 Å². The lowest BCUT2D eigenvalue weighted by Crippen LogP contribution is -2.50. The van der Waals surface area contributed by atoms with E-state index < -0.39 is 5.41 Å². The van der Waals surface area contributed by atoms with Crippen molar-refractivity contribution in [2.75, 3.05) is 20.6 Å². The molecule has 0 bridgehead atoms. The zero-order chi connectivity index (χ0) is 15.0. The molecular formula is C17H26N2O. The van der Waals surface area contributed by atoms with Gasteiger partial charge in [0, 0.05) is 6.54 Å². The van der Waals surface area contributed by atoms with Gasteiger partial charge in [0.15, 0.2) is 0 Å². The van der Waals surface area contributed by atoms with Crippen LogP contribution in [0, 0.1) is 6.92 Å². The van der Waals surface area contributed by atoms with Gasteiger partial charge in [-0.1, -0.05) is 29.8 Å². The van der Waals surface area contributed by atoms with Crippen LogP contribution in [-0.4, -0.2) is 37.0 Å². The Kier molecular flexibility index (Phi) is 3.92. The highest BCUT2D eigenvalue weighted by Gasteiger charge is 2.46. The molecule has 1 aromatic carbocycles. The van der Waals surface area contributed by atoms with E-state index in [1.165, 1.54) is 5.56 Å². The molecule has 110 valence electrons. The van der Waals surface area contributed by atoms with E-state index in [0.29, 0.717) is 0 Å². The maximum atomic E-state index is 12.7. The lowest BCUT2D eigenvalue weighted by Gasteiger charge is -2.29. The van der Waals surface area contributed by atoms with Crippen LogP contribution in [0.2, 0.25) is 0 Å². The maximum absolute atomic E-state index is 12.7. The molecule has 1 N–H and O–H groups in total. The third-order valence-corrected chi connectivity index (χ3v) is 4.16. The maximum Gasteiger partial charge on any atom is 0.230 e. The average Bonchev–Trinajstić information content (AvgIpc) is 3.07. The minimum Gasteiger partial charge on any atom is -0.349 e. The van der Waals surface area contributed by atoms with Gasteiger partial charge in [-0.05, 0) is 53.3 Å². The number of hydrogen-bond donors (Lipinski definition) is 1. The smallest absolute Gasteiger partial charge is 0.230 e. The van der Waals surface area contributed by atoms with Gasteiger partial charge in [-0.3, -0.25) is 4.79 Å². The van der Waals surface area contributed by atoms with Crippen molar-refractivity contribution in [2.45, 2.75) is 44.6 Å². The van der Waals surface area contributed by atoms with Gasteiger partial charge in [0.25, 0.3) is 0 Å². The number of benzene rings is 1. The van der Waals surface area contributed by atoms with E-state index in [1.807, 2.05) is 26.0 Å². The van der Waals surface area contributed by atoms with Crippen molar-refractivity contribution in [2.24, 2.45) is 0 Å². The molecule has 2 rings (SSSR count).